The van der Waals surface area contributed by atoms with Crippen LogP contribution in [0.5, 0.6) is 0 Å². The maximum atomic E-state index is 13.0. The van der Waals surface area contributed by atoms with Gasteiger partial charge in [0.05, 0.1) is 0 Å². The Labute approximate surface area is 200 Å². The van der Waals surface area contributed by atoms with Crippen molar-refractivity contribution in [3.63, 3.8) is 0 Å². The Kier molecular flexibility index (Phi) is 6.07. The molecule has 2 aromatic heterocycles. The lowest BCUT2D eigenvalue weighted by atomic mass is 9.91. The summed E-state index contributed by atoms with van der Waals surface area (Å²) in [6.07, 6.45) is 5.70. The van der Waals surface area contributed by atoms with Crippen molar-refractivity contribution in [2.45, 2.75) is 51.6 Å². The molecule has 1 amide bonds. The van der Waals surface area contributed by atoms with E-state index in [1.54, 1.807) is 0 Å². The summed E-state index contributed by atoms with van der Waals surface area (Å²) >= 11 is 0. The lowest BCUT2D eigenvalue weighted by Gasteiger charge is -2.26. The van der Waals surface area contributed by atoms with Gasteiger partial charge >= 0.3 is 0 Å². The van der Waals surface area contributed by atoms with Crippen LogP contribution in [0.2, 0.25) is 0 Å². The van der Waals surface area contributed by atoms with Crippen LogP contribution in [0.25, 0.3) is 16.9 Å². The second-order valence-corrected chi connectivity index (χ2v) is 9.30. The van der Waals surface area contributed by atoms with Crippen LogP contribution in [-0.2, 0) is 0 Å². The lowest BCUT2D eigenvalue weighted by molar-refractivity contribution is 0.0926. The fourth-order valence-corrected chi connectivity index (χ4v) is 4.77. The van der Waals surface area contributed by atoms with E-state index in [-0.39, 0.29) is 18.0 Å². The SMILES string of the molecule is Cc1cccc(C)c1Nc1c(-c2ccccc2)nc2cc(C(=O)NC3CCC(N)CC3)ccn12. The molecule has 1 saturated carbocycles. The summed E-state index contributed by atoms with van der Waals surface area (Å²) < 4.78 is 2.02. The molecule has 0 bridgehead atoms. The van der Waals surface area contributed by atoms with Gasteiger partial charge in [0.1, 0.15) is 17.2 Å². The summed E-state index contributed by atoms with van der Waals surface area (Å²) in [6.45, 7) is 4.20. The first kappa shape index (κ1) is 22.2. The van der Waals surface area contributed by atoms with E-state index >= 15 is 0 Å². The molecule has 34 heavy (non-hydrogen) atoms. The number of nitrogens with two attached hydrogens (primary N) is 1. The molecule has 4 aromatic rings. The number of aryl methyl sites for hydroxylation is 2. The van der Waals surface area contributed by atoms with Gasteiger partial charge in [-0.3, -0.25) is 9.20 Å². The predicted octanol–water partition coefficient (Wildman–Crippen LogP) is 5.36. The molecular weight excluding hydrogens is 422 g/mol. The highest BCUT2D eigenvalue weighted by Crippen LogP contribution is 2.33. The number of amides is 1. The molecule has 0 aliphatic heterocycles. The Morgan fingerprint density at radius 3 is 2.38 bits per heavy atom. The van der Waals surface area contributed by atoms with Crippen molar-refractivity contribution in [2.75, 3.05) is 5.32 Å². The van der Waals surface area contributed by atoms with Crippen LogP contribution < -0.4 is 16.4 Å². The van der Waals surface area contributed by atoms with Crippen LogP contribution >= 0.6 is 0 Å². The van der Waals surface area contributed by atoms with Gasteiger partial charge in [-0.2, -0.15) is 0 Å². The largest absolute Gasteiger partial charge is 0.349 e. The van der Waals surface area contributed by atoms with Gasteiger partial charge in [-0.05, 0) is 62.8 Å². The van der Waals surface area contributed by atoms with Crippen LogP contribution in [0.3, 0.4) is 0 Å². The van der Waals surface area contributed by atoms with Gasteiger partial charge in [0.15, 0.2) is 0 Å². The Bertz CT molecular complexity index is 1300. The number of anilines is 2. The van der Waals surface area contributed by atoms with Gasteiger partial charge in [0.2, 0.25) is 0 Å². The molecule has 0 saturated heterocycles. The molecule has 1 aliphatic carbocycles. The number of para-hydroxylation sites is 1. The van der Waals surface area contributed by atoms with Crippen molar-refractivity contribution in [3.8, 4) is 11.3 Å². The molecular formula is C28H31N5O. The number of imidazole rings is 1. The number of rotatable bonds is 5. The topological polar surface area (TPSA) is 84.5 Å². The Balaban J connectivity index is 1.52. The van der Waals surface area contributed by atoms with Crippen molar-refractivity contribution in [1.82, 2.24) is 14.7 Å². The summed E-state index contributed by atoms with van der Waals surface area (Å²) in [6, 6.07) is 20.6. The van der Waals surface area contributed by atoms with Crippen molar-refractivity contribution < 1.29 is 4.79 Å². The van der Waals surface area contributed by atoms with E-state index in [1.165, 1.54) is 0 Å². The maximum absolute atomic E-state index is 13.0. The quantitative estimate of drug-likeness (QED) is 0.380. The number of nitrogens with one attached hydrogen (secondary N) is 2. The minimum Gasteiger partial charge on any atom is -0.349 e. The Hall–Kier alpha value is -3.64. The molecule has 0 spiro atoms. The first-order chi connectivity index (χ1) is 16.5. The highest BCUT2D eigenvalue weighted by molar-refractivity contribution is 5.95. The second kappa shape index (κ2) is 9.31. The van der Waals surface area contributed by atoms with Crippen LogP contribution in [0, 0.1) is 13.8 Å². The molecule has 0 unspecified atom stereocenters. The van der Waals surface area contributed by atoms with E-state index in [0.29, 0.717) is 5.56 Å². The molecule has 2 heterocycles. The third kappa shape index (κ3) is 4.41. The summed E-state index contributed by atoms with van der Waals surface area (Å²) in [5, 5.41) is 6.82. The van der Waals surface area contributed by atoms with Crippen molar-refractivity contribution in [1.29, 1.82) is 0 Å². The fourth-order valence-electron chi connectivity index (χ4n) is 4.77. The zero-order valence-electron chi connectivity index (χ0n) is 19.7. The summed E-state index contributed by atoms with van der Waals surface area (Å²) in [4.78, 5) is 17.9. The van der Waals surface area contributed by atoms with Crippen LogP contribution in [0.1, 0.15) is 47.2 Å². The molecule has 2 aromatic carbocycles. The summed E-state index contributed by atoms with van der Waals surface area (Å²) in [5.41, 5.74) is 12.6. The number of carbonyl (C=O) groups excluding carboxylic acids is 1. The third-order valence-electron chi connectivity index (χ3n) is 6.77. The molecule has 1 aliphatic rings. The first-order valence-corrected chi connectivity index (χ1v) is 12.0. The zero-order chi connectivity index (χ0) is 23.7. The highest BCUT2D eigenvalue weighted by Gasteiger charge is 2.22. The van der Waals surface area contributed by atoms with Gasteiger partial charge in [-0.15, -0.1) is 0 Å². The van der Waals surface area contributed by atoms with E-state index in [9.17, 15) is 4.79 Å². The summed E-state index contributed by atoms with van der Waals surface area (Å²) in [7, 11) is 0. The molecule has 4 N–H and O–H groups in total. The van der Waals surface area contributed by atoms with Gasteiger partial charge < -0.3 is 16.4 Å². The fraction of sp³-hybridized carbons (Fsp3) is 0.286. The Morgan fingerprint density at radius 2 is 1.68 bits per heavy atom. The average Bonchev–Trinajstić information content (AvgIpc) is 3.21. The number of carbonyl (C=O) groups is 1. The highest BCUT2D eigenvalue weighted by atomic mass is 16.1. The predicted molar refractivity (Wildman–Crippen MR) is 138 cm³/mol. The van der Waals surface area contributed by atoms with Gasteiger partial charge in [-0.1, -0.05) is 48.5 Å². The normalized spacial score (nSPS) is 18.1. The molecule has 174 valence electrons. The number of hydrogen-bond donors (Lipinski definition) is 3. The number of hydrogen-bond acceptors (Lipinski definition) is 4. The van der Waals surface area contributed by atoms with Crippen LogP contribution in [0.15, 0.2) is 66.9 Å². The van der Waals surface area contributed by atoms with E-state index in [2.05, 4.69) is 54.8 Å². The second-order valence-electron chi connectivity index (χ2n) is 9.30. The monoisotopic (exact) mass is 453 g/mol. The smallest absolute Gasteiger partial charge is 0.251 e. The third-order valence-corrected chi connectivity index (χ3v) is 6.77. The minimum absolute atomic E-state index is 0.0588. The van der Waals surface area contributed by atoms with Crippen LogP contribution in [-0.4, -0.2) is 27.4 Å². The number of fused-ring (bicyclic) bond motifs is 1. The first-order valence-electron chi connectivity index (χ1n) is 12.0. The number of nitrogens with zero attached hydrogens (tertiary/aromatic N) is 2. The molecule has 0 atom stereocenters. The minimum atomic E-state index is -0.0588. The number of pyridine rings is 1. The standard InChI is InChI=1S/C28H31N5O/c1-18-7-6-8-19(2)25(18)32-27-26(20-9-4-3-5-10-20)31-24-17-21(15-16-33(24)27)28(34)30-23-13-11-22(29)12-14-23/h3-10,15-17,22-23,32H,11-14,29H2,1-2H3,(H,30,34). The molecule has 0 radical (unpaired) electrons. The van der Waals surface area contributed by atoms with E-state index in [0.717, 1.165) is 65.2 Å². The average molecular weight is 454 g/mol. The van der Waals surface area contributed by atoms with Crippen molar-refractivity contribution in [3.05, 3.63) is 83.6 Å². The van der Waals surface area contributed by atoms with E-state index in [1.807, 2.05) is 40.9 Å². The zero-order valence-corrected chi connectivity index (χ0v) is 19.7. The van der Waals surface area contributed by atoms with E-state index < -0.39 is 0 Å². The molecule has 1 fully saturated rings. The van der Waals surface area contributed by atoms with Crippen molar-refractivity contribution in [2.24, 2.45) is 5.73 Å². The molecule has 6 nitrogen and oxygen atoms in total. The maximum Gasteiger partial charge on any atom is 0.251 e. The van der Waals surface area contributed by atoms with Crippen molar-refractivity contribution >= 4 is 23.1 Å². The summed E-state index contributed by atoms with van der Waals surface area (Å²) in [5.74, 6) is 0.823. The number of benzene rings is 2. The van der Waals surface area contributed by atoms with E-state index in [4.69, 9.17) is 10.7 Å². The van der Waals surface area contributed by atoms with Gasteiger partial charge in [-0.25, -0.2) is 4.98 Å². The van der Waals surface area contributed by atoms with Gasteiger partial charge in [0.25, 0.3) is 5.91 Å². The van der Waals surface area contributed by atoms with Crippen LogP contribution in [0.4, 0.5) is 11.5 Å². The lowest BCUT2D eigenvalue weighted by Crippen LogP contribution is -2.40. The molecule has 5 rings (SSSR count). The number of aromatic nitrogens is 2. The molecule has 6 heteroatoms. The van der Waals surface area contributed by atoms with Gasteiger partial charge in [0, 0.05) is 35.1 Å². The Morgan fingerprint density at radius 1 is 0.971 bits per heavy atom.